The second-order valence-electron chi connectivity index (χ2n) is 12.9. The molecule has 0 fully saturated rings. The van der Waals surface area contributed by atoms with Gasteiger partial charge in [0, 0.05) is 22.3 Å². The topological polar surface area (TPSA) is 38.7 Å². The van der Waals surface area contributed by atoms with Crippen molar-refractivity contribution < 1.29 is 0 Å². The van der Waals surface area contributed by atoms with E-state index in [4.69, 9.17) is 15.0 Å². The van der Waals surface area contributed by atoms with Gasteiger partial charge >= 0.3 is 0 Å². The van der Waals surface area contributed by atoms with E-state index in [1.54, 1.807) is 0 Å². The molecule has 0 spiro atoms. The fourth-order valence-electron chi connectivity index (χ4n) is 6.92. The van der Waals surface area contributed by atoms with E-state index in [0.29, 0.717) is 17.5 Å². The zero-order valence-electron chi connectivity index (χ0n) is 28.4. The Morgan fingerprint density at radius 2 is 0.692 bits per heavy atom. The Morgan fingerprint density at radius 1 is 0.231 bits per heavy atom. The van der Waals surface area contributed by atoms with Crippen LogP contribution in [0.4, 0.5) is 0 Å². The molecule has 0 unspecified atom stereocenters. The minimum absolute atomic E-state index is 0.624. The minimum Gasteiger partial charge on any atom is -0.208 e. The summed E-state index contributed by atoms with van der Waals surface area (Å²) in [5.74, 6) is 1.87. The Balaban J connectivity index is 1.23. The van der Waals surface area contributed by atoms with Crippen molar-refractivity contribution in [2.45, 2.75) is 0 Å². The molecule has 1 heterocycles. The van der Waals surface area contributed by atoms with Gasteiger partial charge in [-0.1, -0.05) is 188 Å². The Bertz CT molecular complexity index is 2650. The molecule has 0 N–H and O–H groups in total. The highest BCUT2D eigenvalue weighted by Crippen LogP contribution is 2.40. The molecule has 8 aromatic carbocycles. The van der Waals surface area contributed by atoms with Crippen LogP contribution in [0.15, 0.2) is 200 Å². The van der Waals surface area contributed by atoms with Gasteiger partial charge in [0.2, 0.25) is 0 Å². The molecule has 0 saturated carbocycles. The minimum atomic E-state index is 0.624. The van der Waals surface area contributed by atoms with Crippen molar-refractivity contribution in [2.24, 2.45) is 0 Å². The molecule has 0 saturated heterocycles. The molecule has 1 aromatic heterocycles. The third kappa shape index (κ3) is 6.17. The van der Waals surface area contributed by atoms with E-state index in [2.05, 4.69) is 194 Å². The fraction of sp³-hybridized carbons (Fsp3) is 0. The third-order valence-corrected chi connectivity index (χ3v) is 9.54. The Morgan fingerprint density at radius 3 is 1.42 bits per heavy atom. The average Bonchev–Trinajstić information content (AvgIpc) is 3.24. The van der Waals surface area contributed by atoms with Gasteiger partial charge in [-0.3, -0.25) is 0 Å². The Labute approximate surface area is 303 Å². The number of aromatic nitrogens is 3. The van der Waals surface area contributed by atoms with E-state index in [0.717, 1.165) is 55.6 Å². The first-order chi connectivity index (χ1) is 25.8. The van der Waals surface area contributed by atoms with Crippen molar-refractivity contribution in [3.63, 3.8) is 0 Å². The van der Waals surface area contributed by atoms with Crippen molar-refractivity contribution >= 4 is 10.8 Å². The lowest BCUT2D eigenvalue weighted by molar-refractivity contribution is 1.07. The van der Waals surface area contributed by atoms with E-state index in [-0.39, 0.29) is 0 Å². The van der Waals surface area contributed by atoms with Crippen LogP contribution in [0.2, 0.25) is 0 Å². The smallest absolute Gasteiger partial charge is 0.164 e. The van der Waals surface area contributed by atoms with Crippen LogP contribution in [0, 0.1) is 0 Å². The first kappa shape index (κ1) is 31.0. The van der Waals surface area contributed by atoms with Gasteiger partial charge < -0.3 is 0 Å². The quantitative estimate of drug-likeness (QED) is 0.170. The van der Waals surface area contributed by atoms with Crippen LogP contribution in [0.25, 0.3) is 89.4 Å². The van der Waals surface area contributed by atoms with E-state index in [1.165, 1.54) is 16.3 Å². The van der Waals surface area contributed by atoms with Crippen LogP contribution >= 0.6 is 0 Å². The highest BCUT2D eigenvalue weighted by molar-refractivity contribution is 5.93. The van der Waals surface area contributed by atoms with E-state index in [9.17, 15) is 0 Å². The summed E-state index contributed by atoms with van der Waals surface area (Å²) in [6.07, 6.45) is 0. The summed E-state index contributed by atoms with van der Waals surface area (Å²) in [5.41, 5.74) is 11.8. The van der Waals surface area contributed by atoms with Crippen molar-refractivity contribution in [2.75, 3.05) is 0 Å². The van der Waals surface area contributed by atoms with Crippen molar-refractivity contribution in [3.05, 3.63) is 200 Å². The molecule has 0 bridgehead atoms. The maximum Gasteiger partial charge on any atom is 0.164 e. The van der Waals surface area contributed by atoms with Gasteiger partial charge in [0.25, 0.3) is 0 Å². The molecule has 3 heteroatoms. The highest BCUT2D eigenvalue weighted by atomic mass is 15.0. The predicted molar refractivity (Wildman–Crippen MR) is 215 cm³/mol. The van der Waals surface area contributed by atoms with Gasteiger partial charge in [-0.15, -0.1) is 0 Å². The lowest BCUT2D eigenvalue weighted by Gasteiger charge is -2.16. The molecule has 0 atom stereocenters. The summed E-state index contributed by atoms with van der Waals surface area (Å²) >= 11 is 0. The van der Waals surface area contributed by atoms with Crippen molar-refractivity contribution in [1.29, 1.82) is 0 Å². The lowest BCUT2D eigenvalue weighted by Crippen LogP contribution is -2.02. The van der Waals surface area contributed by atoms with Gasteiger partial charge in [0.15, 0.2) is 17.5 Å². The molecule has 0 aliphatic rings. The average molecular weight is 664 g/mol. The molecule has 244 valence electrons. The highest BCUT2D eigenvalue weighted by Gasteiger charge is 2.19. The Kier molecular flexibility index (Phi) is 8.20. The molecule has 52 heavy (non-hydrogen) atoms. The lowest BCUT2D eigenvalue weighted by atomic mass is 9.90. The molecule has 9 rings (SSSR count). The zero-order chi connectivity index (χ0) is 34.7. The summed E-state index contributed by atoms with van der Waals surface area (Å²) in [7, 11) is 0. The van der Waals surface area contributed by atoms with Crippen LogP contribution in [0.5, 0.6) is 0 Å². The van der Waals surface area contributed by atoms with Gasteiger partial charge in [-0.2, -0.15) is 0 Å². The first-order valence-corrected chi connectivity index (χ1v) is 17.5. The van der Waals surface area contributed by atoms with Crippen molar-refractivity contribution in [1.82, 2.24) is 15.0 Å². The van der Waals surface area contributed by atoms with E-state index in [1.807, 2.05) is 6.07 Å². The first-order valence-electron chi connectivity index (χ1n) is 17.5. The fourth-order valence-corrected chi connectivity index (χ4v) is 6.92. The Hall–Kier alpha value is -6.97. The molecule has 0 amide bonds. The van der Waals surface area contributed by atoms with Crippen LogP contribution < -0.4 is 0 Å². The largest absolute Gasteiger partial charge is 0.208 e. The summed E-state index contributed by atoms with van der Waals surface area (Å²) in [4.78, 5) is 15.6. The summed E-state index contributed by atoms with van der Waals surface area (Å²) in [6, 6.07) is 69.9. The molecule has 0 radical (unpaired) electrons. The van der Waals surface area contributed by atoms with Gasteiger partial charge in [-0.05, 0) is 61.8 Å². The van der Waals surface area contributed by atoms with E-state index >= 15 is 0 Å². The van der Waals surface area contributed by atoms with Gasteiger partial charge in [0.1, 0.15) is 0 Å². The standard InChI is InChI=1S/C49H33N3/c1-4-14-34(15-5-1)36-26-29-39(30-27-36)47-50-48(43-23-12-22-41(33-43)42-31-28-35-16-10-11-21-40(35)32-42)52-49(51-47)45-25-13-24-44(37-17-6-2-7-18-37)46(45)38-19-8-3-9-20-38/h1-33H. The molecule has 0 aliphatic heterocycles. The molecular weight excluding hydrogens is 631 g/mol. The van der Waals surface area contributed by atoms with Gasteiger partial charge in [-0.25, -0.2) is 15.0 Å². The number of hydrogen-bond acceptors (Lipinski definition) is 3. The molecule has 9 aromatic rings. The maximum atomic E-state index is 5.25. The molecule has 3 nitrogen and oxygen atoms in total. The second-order valence-corrected chi connectivity index (χ2v) is 12.9. The number of benzene rings is 8. The molecule has 0 aliphatic carbocycles. The van der Waals surface area contributed by atoms with Crippen LogP contribution in [0.1, 0.15) is 0 Å². The SMILES string of the molecule is c1ccc(-c2ccc(-c3nc(-c4cccc(-c5ccc6ccccc6c5)c4)nc(-c4cccc(-c5ccccc5)c4-c4ccccc4)n3)cc2)cc1. The van der Waals surface area contributed by atoms with Crippen LogP contribution in [0.3, 0.4) is 0 Å². The summed E-state index contributed by atoms with van der Waals surface area (Å²) < 4.78 is 0. The van der Waals surface area contributed by atoms with Crippen molar-refractivity contribution in [3.8, 4) is 78.7 Å². The van der Waals surface area contributed by atoms with Gasteiger partial charge in [0.05, 0.1) is 0 Å². The number of fused-ring (bicyclic) bond motifs is 1. The molecular formula is C49H33N3. The van der Waals surface area contributed by atoms with Crippen LogP contribution in [-0.4, -0.2) is 15.0 Å². The predicted octanol–water partition coefficient (Wildman–Crippen LogP) is 12.7. The zero-order valence-corrected chi connectivity index (χ0v) is 28.4. The second kappa shape index (κ2) is 13.7. The maximum absolute atomic E-state index is 5.25. The number of nitrogens with zero attached hydrogens (tertiary/aromatic N) is 3. The summed E-state index contributed by atoms with van der Waals surface area (Å²) in [6.45, 7) is 0. The number of hydrogen-bond donors (Lipinski definition) is 0. The van der Waals surface area contributed by atoms with E-state index < -0.39 is 0 Å². The van der Waals surface area contributed by atoms with Crippen LogP contribution in [-0.2, 0) is 0 Å². The third-order valence-electron chi connectivity index (χ3n) is 9.54. The normalized spacial score (nSPS) is 11.1. The summed E-state index contributed by atoms with van der Waals surface area (Å²) in [5, 5.41) is 2.43. The monoisotopic (exact) mass is 663 g/mol. The number of rotatable bonds is 7.